The molecule has 0 aliphatic heterocycles. The Morgan fingerprint density at radius 2 is 0.500 bits per heavy atom. The number of hydrogen-bond donors (Lipinski definition) is 0. The van der Waals surface area contributed by atoms with Gasteiger partial charge in [0.05, 0.1) is 0 Å². The van der Waals surface area contributed by atoms with Crippen molar-refractivity contribution in [2.24, 2.45) is 17.8 Å². The molecule has 0 radical (unpaired) electrons. The van der Waals surface area contributed by atoms with Crippen LogP contribution in [-0.2, 0) is 0 Å². The van der Waals surface area contributed by atoms with Crippen LogP contribution in [0.15, 0.2) is 0 Å². The summed E-state index contributed by atoms with van der Waals surface area (Å²) >= 11 is 0. The molecular weight excluding hydrogens is 432 g/mol. The van der Waals surface area contributed by atoms with Gasteiger partial charge in [-0.05, 0) is 17.8 Å². The minimum Gasteiger partial charge on any atom is -0.0654 e. The van der Waals surface area contributed by atoms with Crippen LogP contribution in [0.4, 0.5) is 0 Å². The first-order valence-electron chi connectivity index (χ1n) is 17.6. The van der Waals surface area contributed by atoms with Crippen LogP contribution in [0.5, 0.6) is 0 Å². The molecule has 218 valence electrons. The van der Waals surface area contributed by atoms with E-state index < -0.39 is 0 Å². The lowest BCUT2D eigenvalue weighted by Gasteiger charge is -2.15. The summed E-state index contributed by atoms with van der Waals surface area (Å²) in [6, 6.07) is 0. The fourth-order valence-corrected chi connectivity index (χ4v) is 6.13. The molecule has 0 aromatic heterocycles. The van der Waals surface area contributed by atoms with E-state index in [4.69, 9.17) is 0 Å². The highest BCUT2D eigenvalue weighted by Gasteiger charge is 2.07. The first-order valence-corrected chi connectivity index (χ1v) is 17.6. The normalized spacial score (nSPS) is 14.2. The average molecular weight is 507 g/mol. The highest BCUT2D eigenvalue weighted by Crippen LogP contribution is 2.23. The van der Waals surface area contributed by atoms with E-state index in [2.05, 4.69) is 34.6 Å². The molecule has 0 bridgehead atoms. The van der Waals surface area contributed by atoms with Crippen LogP contribution in [0.3, 0.4) is 0 Å². The fourth-order valence-electron chi connectivity index (χ4n) is 6.13. The second-order valence-electron chi connectivity index (χ2n) is 13.1. The standard InChI is InChI=1S/C36H74/c1-6-8-9-10-11-12-13-14-15-16-17-18-19-20-21-22-23-24-25-29-35(4)31-27-33-36(5)32-26-30-34(3)28-7-2/h34-36H,6-33H2,1-5H3. The molecule has 0 N–H and O–H groups in total. The lowest BCUT2D eigenvalue weighted by Crippen LogP contribution is -2.01. The van der Waals surface area contributed by atoms with Gasteiger partial charge in [-0.2, -0.15) is 0 Å². The Balaban J connectivity index is 3.25. The molecule has 0 aliphatic rings. The first-order chi connectivity index (χ1) is 17.6. The number of unbranched alkanes of at least 4 members (excludes halogenated alkanes) is 18. The van der Waals surface area contributed by atoms with Gasteiger partial charge in [0.1, 0.15) is 0 Å². The zero-order chi connectivity index (χ0) is 26.5. The van der Waals surface area contributed by atoms with E-state index in [1.165, 1.54) is 180 Å². The summed E-state index contributed by atoms with van der Waals surface area (Å²) in [5.41, 5.74) is 0. The second-order valence-corrected chi connectivity index (χ2v) is 13.1. The minimum absolute atomic E-state index is 0.945. The molecule has 0 rings (SSSR count). The molecule has 0 aliphatic carbocycles. The molecule has 0 fully saturated rings. The maximum atomic E-state index is 2.51. The quantitative estimate of drug-likeness (QED) is 0.0849. The van der Waals surface area contributed by atoms with Crippen molar-refractivity contribution in [2.45, 2.75) is 214 Å². The van der Waals surface area contributed by atoms with Crippen molar-refractivity contribution in [2.75, 3.05) is 0 Å². The van der Waals surface area contributed by atoms with E-state index in [0.717, 1.165) is 17.8 Å². The van der Waals surface area contributed by atoms with Gasteiger partial charge < -0.3 is 0 Å². The molecule has 0 heteroatoms. The van der Waals surface area contributed by atoms with E-state index in [9.17, 15) is 0 Å². The van der Waals surface area contributed by atoms with Gasteiger partial charge in [-0.25, -0.2) is 0 Å². The van der Waals surface area contributed by atoms with Crippen molar-refractivity contribution in [1.82, 2.24) is 0 Å². The smallest absolute Gasteiger partial charge is 0.0443 e. The Kier molecular flexibility index (Phi) is 29.6. The largest absolute Gasteiger partial charge is 0.0654 e. The summed E-state index contributed by atoms with van der Waals surface area (Å²) < 4.78 is 0. The molecule has 0 saturated carbocycles. The van der Waals surface area contributed by atoms with Gasteiger partial charge in [0.15, 0.2) is 0 Å². The lowest BCUT2D eigenvalue weighted by molar-refractivity contribution is 0.377. The molecule has 0 aromatic carbocycles. The van der Waals surface area contributed by atoms with Gasteiger partial charge in [0, 0.05) is 0 Å². The first kappa shape index (κ1) is 36.0. The third-order valence-electron chi connectivity index (χ3n) is 8.87. The molecule has 0 saturated heterocycles. The fraction of sp³-hybridized carbons (Fsp3) is 1.00. The lowest BCUT2D eigenvalue weighted by atomic mass is 9.91. The van der Waals surface area contributed by atoms with Crippen molar-refractivity contribution < 1.29 is 0 Å². The van der Waals surface area contributed by atoms with Gasteiger partial charge in [-0.15, -0.1) is 0 Å². The zero-order valence-electron chi connectivity index (χ0n) is 26.5. The maximum absolute atomic E-state index is 2.51. The molecule has 0 spiro atoms. The molecule has 3 unspecified atom stereocenters. The van der Waals surface area contributed by atoms with Crippen LogP contribution < -0.4 is 0 Å². The number of hydrogen-bond acceptors (Lipinski definition) is 0. The highest BCUT2D eigenvalue weighted by molar-refractivity contribution is 4.61. The summed E-state index contributed by atoms with van der Waals surface area (Å²) in [4.78, 5) is 0. The van der Waals surface area contributed by atoms with Crippen LogP contribution in [0, 0.1) is 17.8 Å². The van der Waals surface area contributed by atoms with Crippen LogP contribution in [0.25, 0.3) is 0 Å². The van der Waals surface area contributed by atoms with E-state index in [0.29, 0.717) is 0 Å². The Morgan fingerprint density at radius 3 is 0.806 bits per heavy atom. The molecular formula is C36H74. The molecule has 3 atom stereocenters. The maximum Gasteiger partial charge on any atom is -0.0443 e. The minimum atomic E-state index is 0.945. The Labute approximate surface area is 232 Å². The zero-order valence-corrected chi connectivity index (χ0v) is 26.5. The van der Waals surface area contributed by atoms with E-state index in [1.54, 1.807) is 0 Å². The van der Waals surface area contributed by atoms with Gasteiger partial charge in [-0.3, -0.25) is 0 Å². The van der Waals surface area contributed by atoms with Crippen LogP contribution in [0.1, 0.15) is 214 Å². The predicted molar refractivity (Wildman–Crippen MR) is 168 cm³/mol. The van der Waals surface area contributed by atoms with Crippen molar-refractivity contribution >= 4 is 0 Å². The third kappa shape index (κ3) is 28.6. The molecule has 0 amide bonds. The monoisotopic (exact) mass is 507 g/mol. The average Bonchev–Trinajstić information content (AvgIpc) is 2.85. The van der Waals surface area contributed by atoms with Crippen LogP contribution in [0.2, 0.25) is 0 Å². The van der Waals surface area contributed by atoms with Crippen molar-refractivity contribution in [3.63, 3.8) is 0 Å². The molecule has 0 heterocycles. The summed E-state index contributed by atoms with van der Waals surface area (Å²) in [5.74, 6) is 2.84. The molecule has 0 aromatic rings. The van der Waals surface area contributed by atoms with Crippen LogP contribution >= 0.6 is 0 Å². The van der Waals surface area contributed by atoms with E-state index in [1.807, 2.05) is 0 Å². The Bertz CT molecular complexity index is 385. The predicted octanol–water partition coefficient (Wildman–Crippen LogP) is 13.9. The second kappa shape index (κ2) is 29.6. The Morgan fingerprint density at radius 1 is 0.250 bits per heavy atom. The van der Waals surface area contributed by atoms with E-state index in [-0.39, 0.29) is 0 Å². The topological polar surface area (TPSA) is 0 Å². The Hall–Kier alpha value is 0. The van der Waals surface area contributed by atoms with Gasteiger partial charge in [-0.1, -0.05) is 214 Å². The van der Waals surface area contributed by atoms with Crippen molar-refractivity contribution in [3.8, 4) is 0 Å². The van der Waals surface area contributed by atoms with Gasteiger partial charge in [0.2, 0.25) is 0 Å². The third-order valence-corrected chi connectivity index (χ3v) is 8.87. The van der Waals surface area contributed by atoms with Crippen molar-refractivity contribution in [1.29, 1.82) is 0 Å². The summed E-state index contributed by atoms with van der Waals surface area (Å²) in [5, 5.41) is 0. The highest BCUT2D eigenvalue weighted by atomic mass is 14.1. The summed E-state index contributed by atoms with van der Waals surface area (Å²) in [6.45, 7) is 12.1. The van der Waals surface area contributed by atoms with Gasteiger partial charge in [0.25, 0.3) is 0 Å². The summed E-state index contributed by atoms with van der Waals surface area (Å²) in [6.07, 6.45) is 41.1. The molecule has 0 nitrogen and oxygen atoms in total. The molecule has 36 heavy (non-hydrogen) atoms. The SMILES string of the molecule is CCCCCCCCCCCCCCCCCCCCCC(C)CCCC(C)CCCC(C)CCC. The van der Waals surface area contributed by atoms with Crippen LogP contribution in [-0.4, -0.2) is 0 Å². The van der Waals surface area contributed by atoms with E-state index >= 15 is 0 Å². The number of rotatable bonds is 30. The van der Waals surface area contributed by atoms with Crippen molar-refractivity contribution in [3.05, 3.63) is 0 Å². The van der Waals surface area contributed by atoms with Gasteiger partial charge >= 0.3 is 0 Å². The summed E-state index contributed by atoms with van der Waals surface area (Å²) in [7, 11) is 0.